The van der Waals surface area contributed by atoms with E-state index < -0.39 is 0 Å². The molecular weight excluding hydrogens is 210 g/mol. The lowest BCUT2D eigenvalue weighted by molar-refractivity contribution is 0.949. The summed E-state index contributed by atoms with van der Waals surface area (Å²) in [6, 6.07) is 12.1. The molecule has 2 heterocycles. The Hall–Kier alpha value is -2.08. The highest BCUT2D eigenvalue weighted by Gasteiger charge is 2.16. The summed E-state index contributed by atoms with van der Waals surface area (Å²) in [5, 5.41) is 10.2. The van der Waals surface area contributed by atoms with Crippen molar-refractivity contribution >= 4 is 16.6 Å². The van der Waals surface area contributed by atoms with Gasteiger partial charge in [-0.05, 0) is 25.0 Å². The van der Waals surface area contributed by atoms with E-state index in [-0.39, 0.29) is 0 Å². The van der Waals surface area contributed by atoms with Gasteiger partial charge >= 0.3 is 0 Å². The van der Waals surface area contributed by atoms with Crippen LogP contribution in [-0.4, -0.2) is 18.1 Å². The first-order valence-corrected chi connectivity index (χ1v) is 5.93. The summed E-state index contributed by atoms with van der Waals surface area (Å²) in [5.74, 6) is 0. The summed E-state index contributed by atoms with van der Waals surface area (Å²) in [6.45, 7) is 2.16. The molecule has 0 atom stereocenters. The number of hydrogen-bond donors (Lipinski definition) is 0. The highest BCUT2D eigenvalue weighted by molar-refractivity contribution is 5.92. The highest BCUT2D eigenvalue weighted by atomic mass is 15.1. The maximum Gasteiger partial charge on any atom is 0.143 e. The van der Waals surface area contributed by atoms with Crippen molar-refractivity contribution in [1.29, 1.82) is 5.26 Å². The summed E-state index contributed by atoms with van der Waals surface area (Å²) < 4.78 is 0. The van der Waals surface area contributed by atoms with Crippen LogP contribution in [0.2, 0.25) is 0 Å². The first-order chi connectivity index (χ1) is 8.38. The maximum atomic E-state index is 9.03. The molecule has 84 valence electrons. The molecule has 0 saturated carbocycles. The molecule has 0 N–H and O–H groups in total. The third-order valence-electron chi connectivity index (χ3n) is 3.26. The zero-order valence-electron chi connectivity index (χ0n) is 9.56. The lowest BCUT2D eigenvalue weighted by atomic mass is 10.1. The fourth-order valence-electron chi connectivity index (χ4n) is 2.43. The standard InChI is InChI=1S/C14H13N3/c15-10-11-9-14(17-7-3-4-8-17)12-5-1-2-6-13(12)16-11/h1-2,5-6,9H,3-4,7-8H2. The van der Waals surface area contributed by atoms with Gasteiger partial charge in [0.2, 0.25) is 0 Å². The lowest BCUT2D eigenvalue weighted by Crippen LogP contribution is -2.18. The van der Waals surface area contributed by atoms with E-state index in [1.165, 1.54) is 12.8 Å². The molecule has 0 spiro atoms. The van der Waals surface area contributed by atoms with Gasteiger partial charge in [0.15, 0.2) is 0 Å². The summed E-state index contributed by atoms with van der Waals surface area (Å²) in [4.78, 5) is 6.69. The minimum atomic E-state index is 0.505. The Kier molecular flexibility index (Phi) is 2.41. The van der Waals surface area contributed by atoms with Gasteiger partial charge in [0.1, 0.15) is 11.8 Å². The van der Waals surface area contributed by atoms with Crippen molar-refractivity contribution in [2.24, 2.45) is 0 Å². The Bertz CT molecular complexity index is 592. The van der Waals surface area contributed by atoms with Crippen molar-refractivity contribution in [2.45, 2.75) is 12.8 Å². The van der Waals surface area contributed by atoms with E-state index in [2.05, 4.69) is 22.0 Å². The van der Waals surface area contributed by atoms with Crippen LogP contribution in [-0.2, 0) is 0 Å². The highest BCUT2D eigenvalue weighted by Crippen LogP contribution is 2.29. The van der Waals surface area contributed by atoms with Crippen LogP contribution in [0.5, 0.6) is 0 Å². The Balaban J connectivity index is 2.23. The van der Waals surface area contributed by atoms with Crippen molar-refractivity contribution in [2.75, 3.05) is 18.0 Å². The molecule has 1 fully saturated rings. The number of fused-ring (bicyclic) bond motifs is 1. The van der Waals surface area contributed by atoms with Crippen LogP contribution in [0.4, 0.5) is 5.69 Å². The Morgan fingerprint density at radius 1 is 1.18 bits per heavy atom. The average molecular weight is 223 g/mol. The molecule has 1 aliphatic heterocycles. The van der Waals surface area contributed by atoms with E-state index in [1.54, 1.807) is 0 Å². The van der Waals surface area contributed by atoms with Crippen molar-refractivity contribution < 1.29 is 0 Å². The molecule has 3 nitrogen and oxygen atoms in total. The number of nitriles is 1. The lowest BCUT2D eigenvalue weighted by Gasteiger charge is -2.19. The largest absolute Gasteiger partial charge is 0.371 e. The second-order valence-electron chi connectivity index (χ2n) is 4.35. The topological polar surface area (TPSA) is 39.9 Å². The normalized spacial score (nSPS) is 15.1. The molecule has 3 rings (SSSR count). The molecule has 2 aromatic rings. The predicted octanol–water partition coefficient (Wildman–Crippen LogP) is 2.71. The third-order valence-corrected chi connectivity index (χ3v) is 3.26. The number of rotatable bonds is 1. The molecule has 17 heavy (non-hydrogen) atoms. The summed E-state index contributed by atoms with van der Waals surface area (Å²) >= 11 is 0. The van der Waals surface area contributed by atoms with Gasteiger partial charge in [-0.2, -0.15) is 5.26 Å². The number of benzene rings is 1. The van der Waals surface area contributed by atoms with Gasteiger partial charge in [0.25, 0.3) is 0 Å². The number of para-hydroxylation sites is 1. The van der Waals surface area contributed by atoms with Crippen molar-refractivity contribution in [3.8, 4) is 6.07 Å². The number of pyridine rings is 1. The van der Waals surface area contributed by atoms with Crippen LogP contribution < -0.4 is 4.90 Å². The summed E-state index contributed by atoms with van der Waals surface area (Å²) in [5.41, 5.74) is 2.57. The summed E-state index contributed by atoms with van der Waals surface area (Å²) in [7, 11) is 0. The zero-order chi connectivity index (χ0) is 11.7. The van der Waals surface area contributed by atoms with Gasteiger partial charge in [-0.1, -0.05) is 18.2 Å². The Morgan fingerprint density at radius 2 is 1.94 bits per heavy atom. The first-order valence-electron chi connectivity index (χ1n) is 5.93. The van der Waals surface area contributed by atoms with Crippen LogP contribution in [0.3, 0.4) is 0 Å². The third kappa shape index (κ3) is 1.72. The molecule has 0 radical (unpaired) electrons. The maximum absolute atomic E-state index is 9.03. The van der Waals surface area contributed by atoms with Gasteiger partial charge in [0, 0.05) is 24.2 Å². The monoisotopic (exact) mass is 223 g/mol. The smallest absolute Gasteiger partial charge is 0.143 e. The minimum absolute atomic E-state index is 0.505. The summed E-state index contributed by atoms with van der Waals surface area (Å²) in [6.07, 6.45) is 2.47. The van der Waals surface area contributed by atoms with E-state index in [9.17, 15) is 0 Å². The Morgan fingerprint density at radius 3 is 2.71 bits per heavy atom. The fourth-order valence-corrected chi connectivity index (χ4v) is 2.43. The second-order valence-corrected chi connectivity index (χ2v) is 4.35. The Labute approximate surface area is 100 Å². The molecule has 1 aliphatic rings. The number of anilines is 1. The van der Waals surface area contributed by atoms with Crippen LogP contribution >= 0.6 is 0 Å². The molecule has 0 amide bonds. The van der Waals surface area contributed by atoms with Crippen LogP contribution in [0, 0.1) is 11.3 Å². The zero-order valence-corrected chi connectivity index (χ0v) is 9.56. The number of aromatic nitrogens is 1. The molecular formula is C14H13N3. The SMILES string of the molecule is N#Cc1cc(N2CCCC2)c2ccccc2n1. The van der Waals surface area contributed by atoms with Gasteiger partial charge < -0.3 is 4.90 Å². The van der Waals surface area contributed by atoms with Gasteiger partial charge in [-0.15, -0.1) is 0 Å². The minimum Gasteiger partial charge on any atom is -0.371 e. The number of nitrogens with zero attached hydrogens (tertiary/aromatic N) is 3. The van der Waals surface area contributed by atoms with Crippen molar-refractivity contribution in [1.82, 2.24) is 4.98 Å². The van der Waals surface area contributed by atoms with Crippen LogP contribution in [0.25, 0.3) is 10.9 Å². The molecule has 0 unspecified atom stereocenters. The average Bonchev–Trinajstić information content (AvgIpc) is 2.91. The first kappa shape index (κ1) is 10.1. The quantitative estimate of drug-likeness (QED) is 0.746. The van der Waals surface area contributed by atoms with Crippen LogP contribution in [0.15, 0.2) is 30.3 Å². The van der Waals surface area contributed by atoms with Gasteiger partial charge in [0.05, 0.1) is 5.52 Å². The molecule has 1 aromatic heterocycles. The van der Waals surface area contributed by atoms with Crippen molar-refractivity contribution in [3.63, 3.8) is 0 Å². The van der Waals surface area contributed by atoms with Gasteiger partial charge in [-0.25, -0.2) is 4.98 Å². The molecule has 1 saturated heterocycles. The van der Waals surface area contributed by atoms with E-state index in [1.807, 2.05) is 24.3 Å². The molecule has 1 aromatic carbocycles. The second kappa shape index (κ2) is 4.06. The van der Waals surface area contributed by atoms with Crippen molar-refractivity contribution in [3.05, 3.63) is 36.0 Å². The van der Waals surface area contributed by atoms with E-state index >= 15 is 0 Å². The van der Waals surface area contributed by atoms with Crippen LogP contribution in [0.1, 0.15) is 18.5 Å². The van der Waals surface area contributed by atoms with E-state index in [4.69, 9.17) is 5.26 Å². The predicted molar refractivity (Wildman–Crippen MR) is 67.9 cm³/mol. The van der Waals surface area contributed by atoms with E-state index in [0.29, 0.717) is 5.69 Å². The number of hydrogen-bond acceptors (Lipinski definition) is 3. The molecule has 3 heteroatoms. The van der Waals surface area contributed by atoms with Gasteiger partial charge in [-0.3, -0.25) is 0 Å². The molecule has 0 aliphatic carbocycles. The fraction of sp³-hybridized carbons (Fsp3) is 0.286. The molecule has 0 bridgehead atoms. The van der Waals surface area contributed by atoms with E-state index in [0.717, 1.165) is 29.7 Å².